The van der Waals surface area contributed by atoms with Gasteiger partial charge in [-0.05, 0) is 23.8 Å². The van der Waals surface area contributed by atoms with E-state index in [0.29, 0.717) is 12.4 Å². The van der Waals surface area contributed by atoms with Crippen LogP contribution in [0.3, 0.4) is 0 Å². The molecule has 29 heavy (non-hydrogen) atoms. The highest BCUT2D eigenvalue weighted by Gasteiger charge is 2.57. The van der Waals surface area contributed by atoms with Crippen molar-refractivity contribution in [3.05, 3.63) is 65.2 Å². The van der Waals surface area contributed by atoms with Gasteiger partial charge in [-0.25, -0.2) is 9.59 Å². The number of fused-ring (bicyclic) bond motifs is 1. The van der Waals surface area contributed by atoms with Crippen molar-refractivity contribution in [3.8, 4) is 5.75 Å². The minimum atomic E-state index is -2.29. The first-order valence-corrected chi connectivity index (χ1v) is 8.86. The lowest BCUT2D eigenvalue weighted by atomic mass is 10.0. The van der Waals surface area contributed by atoms with E-state index < -0.39 is 23.7 Å². The quantitative estimate of drug-likeness (QED) is 0.492. The second-order valence-corrected chi connectivity index (χ2v) is 6.21. The fourth-order valence-corrected chi connectivity index (χ4v) is 2.84. The molecule has 2 aromatic carbocycles. The summed E-state index contributed by atoms with van der Waals surface area (Å²) in [6, 6.07) is 13.3. The van der Waals surface area contributed by atoms with Crippen LogP contribution in [0.5, 0.6) is 5.75 Å². The molecule has 1 heterocycles. The van der Waals surface area contributed by atoms with Crippen LogP contribution in [0.15, 0.2) is 48.5 Å². The highest BCUT2D eigenvalue weighted by atomic mass is 16.8. The Labute approximate surface area is 167 Å². The van der Waals surface area contributed by atoms with E-state index in [9.17, 15) is 14.4 Å². The van der Waals surface area contributed by atoms with Crippen molar-refractivity contribution in [2.45, 2.75) is 19.3 Å². The molecule has 0 aliphatic carbocycles. The van der Waals surface area contributed by atoms with Gasteiger partial charge in [0.15, 0.2) is 0 Å². The van der Waals surface area contributed by atoms with E-state index >= 15 is 0 Å². The summed E-state index contributed by atoms with van der Waals surface area (Å²) in [4.78, 5) is 37.0. The summed E-state index contributed by atoms with van der Waals surface area (Å²) in [6.07, 6.45) is 0. The summed E-state index contributed by atoms with van der Waals surface area (Å²) in [7, 11) is 1.54. The normalized spacial score (nSPS) is 17.2. The maximum Gasteiger partial charge on any atom is 0.398 e. The van der Waals surface area contributed by atoms with Crippen molar-refractivity contribution >= 4 is 17.9 Å². The van der Waals surface area contributed by atoms with Gasteiger partial charge < -0.3 is 23.7 Å². The van der Waals surface area contributed by atoms with E-state index in [0.717, 1.165) is 12.5 Å². The van der Waals surface area contributed by atoms with Gasteiger partial charge in [0.2, 0.25) is 0 Å². The molecule has 8 heteroatoms. The largest absolute Gasteiger partial charge is 0.491 e. The van der Waals surface area contributed by atoms with Crippen LogP contribution in [0.2, 0.25) is 0 Å². The van der Waals surface area contributed by atoms with Crippen molar-refractivity contribution in [2.75, 3.05) is 20.3 Å². The number of methoxy groups -OCH3 is 1. The standard InChI is InChI=1S/C21H20O8/c1-14(22)28-21(20(24)27-13-15-6-4-3-5-7-15)18-9-8-16(26-11-10-25-2)12-17(18)19(23)29-21/h3-9,12H,10-11,13H2,1-2H3. The Hall–Kier alpha value is -3.39. The minimum Gasteiger partial charge on any atom is -0.491 e. The average Bonchev–Trinajstić information content (AvgIpc) is 2.99. The first-order valence-electron chi connectivity index (χ1n) is 8.86. The number of cyclic esters (lactones) is 1. The average molecular weight is 400 g/mol. The predicted molar refractivity (Wildman–Crippen MR) is 98.9 cm³/mol. The number of ether oxygens (including phenoxy) is 5. The molecule has 0 spiro atoms. The Balaban J connectivity index is 1.88. The van der Waals surface area contributed by atoms with Crippen LogP contribution in [-0.2, 0) is 40.9 Å². The molecule has 3 rings (SSSR count). The third-order valence-electron chi connectivity index (χ3n) is 4.13. The molecule has 1 aliphatic rings. The zero-order valence-corrected chi connectivity index (χ0v) is 16.0. The summed E-state index contributed by atoms with van der Waals surface area (Å²) in [5.41, 5.74) is 0.859. The lowest BCUT2D eigenvalue weighted by molar-refractivity contribution is -0.227. The number of hydrogen-bond donors (Lipinski definition) is 0. The fourth-order valence-electron chi connectivity index (χ4n) is 2.84. The van der Waals surface area contributed by atoms with E-state index in [1.165, 1.54) is 19.2 Å². The van der Waals surface area contributed by atoms with E-state index in [1.54, 1.807) is 30.3 Å². The first-order chi connectivity index (χ1) is 14.0. The molecule has 0 N–H and O–H groups in total. The summed E-state index contributed by atoms with van der Waals surface area (Å²) >= 11 is 0. The zero-order chi connectivity index (χ0) is 20.9. The minimum absolute atomic E-state index is 0.0535. The Morgan fingerprint density at radius 2 is 1.83 bits per heavy atom. The van der Waals surface area contributed by atoms with Crippen LogP contribution < -0.4 is 4.74 Å². The molecular formula is C21H20O8. The van der Waals surface area contributed by atoms with Gasteiger partial charge in [-0.15, -0.1) is 0 Å². The van der Waals surface area contributed by atoms with Gasteiger partial charge in [-0.1, -0.05) is 30.3 Å². The molecule has 152 valence electrons. The molecule has 0 fully saturated rings. The summed E-state index contributed by atoms with van der Waals surface area (Å²) in [5.74, 6) is -4.54. The molecule has 0 aromatic heterocycles. The van der Waals surface area contributed by atoms with Crippen LogP contribution >= 0.6 is 0 Å². The van der Waals surface area contributed by atoms with Gasteiger partial charge in [0.05, 0.1) is 17.7 Å². The molecule has 1 atom stereocenters. The van der Waals surface area contributed by atoms with E-state index in [1.807, 2.05) is 6.07 Å². The van der Waals surface area contributed by atoms with E-state index in [4.69, 9.17) is 23.7 Å². The molecule has 0 amide bonds. The number of carbonyl (C=O) groups excluding carboxylic acids is 3. The SMILES string of the molecule is COCCOc1ccc2c(c1)C(=O)OC2(OC(C)=O)C(=O)OCc1ccccc1. The van der Waals surface area contributed by atoms with Crippen LogP contribution in [0.1, 0.15) is 28.4 Å². The van der Waals surface area contributed by atoms with Gasteiger partial charge >= 0.3 is 23.7 Å². The Morgan fingerprint density at radius 3 is 2.52 bits per heavy atom. The Bertz CT molecular complexity index is 908. The molecule has 8 nitrogen and oxygen atoms in total. The lowest BCUT2D eigenvalue weighted by Crippen LogP contribution is -2.41. The van der Waals surface area contributed by atoms with Crippen molar-refractivity contribution in [2.24, 2.45) is 0 Å². The van der Waals surface area contributed by atoms with Crippen LogP contribution in [0.25, 0.3) is 0 Å². The van der Waals surface area contributed by atoms with Gasteiger partial charge in [0.1, 0.15) is 19.0 Å². The maximum atomic E-state index is 12.9. The second-order valence-electron chi connectivity index (χ2n) is 6.21. The molecule has 1 unspecified atom stereocenters. The topological polar surface area (TPSA) is 97.4 Å². The van der Waals surface area contributed by atoms with Crippen LogP contribution in [0, 0.1) is 0 Å². The summed E-state index contributed by atoms with van der Waals surface area (Å²) in [6.45, 7) is 1.68. The van der Waals surface area contributed by atoms with Gasteiger partial charge in [0, 0.05) is 14.0 Å². The van der Waals surface area contributed by atoms with Gasteiger partial charge in [-0.2, -0.15) is 0 Å². The predicted octanol–water partition coefficient (Wildman–Crippen LogP) is 2.34. The number of hydrogen-bond acceptors (Lipinski definition) is 8. The van der Waals surface area contributed by atoms with Crippen molar-refractivity contribution < 1.29 is 38.1 Å². The molecule has 1 aliphatic heterocycles. The molecule has 0 saturated carbocycles. The van der Waals surface area contributed by atoms with Gasteiger partial charge in [-0.3, -0.25) is 4.79 Å². The summed E-state index contributed by atoms with van der Waals surface area (Å²) < 4.78 is 26.1. The number of rotatable bonds is 8. The van der Waals surface area contributed by atoms with E-state index in [2.05, 4.69) is 0 Å². The smallest absolute Gasteiger partial charge is 0.398 e. The van der Waals surface area contributed by atoms with Crippen molar-refractivity contribution in [1.29, 1.82) is 0 Å². The molecule has 0 bridgehead atoms. The van der Waals surface area contributed by atoms with Crippen LogP contribution in [0.4, 0.5) is 0 Å². The molecule has 2 aromatic rings. The number of benzene rings is 2. The maximum absolute atomic E-state index is 12.9. The van der Waals surface area contributed by atoms with Crippen LogP contribution in [-0.4, -0.2) is 38.2 Å². The van der Waals surface area contributed by atoms with Crippen molar-refractivity contribution in [3.63, 3.8) is 0 Å². The Kier molecular flexibility index (Phi) is 6.13. The highest BCUT2D eigenvalue weighted by molar-refractivity contribution is 6.01. The Morgan fingerprint density at radius 1 is 1.07 bits per heavy atom. The first kappa shape index (κ1) is 20.3. The molecule has 0 saturated heterocycles. The molecular weight excluding hydrogens is 380 g/mol. The van der Waals surface area contributed by atoms with Crippen molar-refractivity contribution in [1.82, 2.24) is 0 Å². The third kappa shape index (κ3) is 4.38. The molecule has 0 radical (unpaired) electrons. The zero-order valence-electron chi connectivity index (χ0n) is 16.0. The summed E-state index contributed by atoms with van der Waals surface area (Å²) in [5, 5.41) is 0. The number of carbonyl (C=O) groups is 3. The monoisotopic (exact) mass is 400 g/mol. The lowest BCUT2D eigenvalue weighted by Gasteiger charge is -2.25. The van der Waals surface area contributed by atoms with Gasteiger partial charge in [0.25, 0.3) is 0 Å². The second kappa shape index (κ2) is 8.74. The highest BCUT2D eigenvalue weighted by Crippen LogP contribution is 2.40. The number of esters is 3. The van der Waals surface area contributed by atoms with E-state index in [-0.39, 0.29) is 24.3 Å². The third-order valence-corrected chi connectivity index (χ3v) is 4.13. The fraction of sp³-hybridized carbons (Fsp3) is 0.286.